The van der Waals surface area contributed by atoms with Gasteiger partial charge in [-0.3, -0.25) is 24.0 Å². The second-order valence-corrected chi connectivity index (χ2v) is 7.54. The van der Waals surface area contributed by atoms with Crippen LogP contribution in [0.25, 0.3) is 0 Å². The van der Waals surface area contributed by atoms with Gasteiger partial charge in [0.05, 0.1) is 12.6 Å². The average molecular weight is 479 g/mol. The summed E-state index contributed by atoms with van der Waals surface area (Å²) in [5.74, 6) is -4.95. The summed E-state index contributed by atoms with van der Waals surface area (Å²) in [6.07, 6.45) is -0.551. The quantitative estimate of drug-likeness (QED) is 0.139. The molecule has 13 heteroatoms. The Kier molecular flexibility index (Phi) is 11.7. The molecule has 13 nitrogen and oxygen atoms in total. The molecule has 0 heterocycles. The largest absolute Gasteiger partial charge is 0.480 e. The molecule has 1 rings (SSSR count). The summed E-state index contributed by atoms with van der Waals surface area (Å²) in [6.45, 7) is -0.575. The molecule has 0 aliphatic heterocycles. The molecular weight excluding hydrogens is 448 g/mol. The third-order valence-corrected chi connectivity index (χ3v) is 4.69. The van der Waals surface area contributed by atoms with Gasteiger partial charge in [-0.15, -0.1) is 0 Å². The monoisotopic (exact) mass is 478 g/mol. The van der Waals surface area contributed by atoms with Gasteiger partial charge >= 0.3 is 5.97 Å². The summed E-state index contributed by atoms with van der Waals surface area (Å²) in [4.78, 5) is 70.4. The third-order valence-electron chi connectivity index (χ3n) is 4.69. The molecule has 0 fully saturated rings. The van der Waals surface area contributed by atoms with E-state index in [9.17, 15) is 33.9 Å². The molecule has 186 valence electrons. The van der Waals surface area contributed by atoms with Gasteiger partial charge < -0.3 is 38.3 Å². The Morgan fingerprint density at radius 2 is 1.41 bits per heavy atom. The Morgan fingerprint density at radius 3 is 1.97 bits per heavy atom. The van der Waals surface area contributed by atoms with Crippen LogP contribution in [0.2, 0.25) is 0 Å². The molecule has 0 aliphatic rings. The normalized spacial score (nSPS) is 13.1. The molecule has 0 saturated heterocycles. The SMILES string of the molecule is NC(=O)CCC(N)C(=O)NC(CCC(N)=O)C(=O)NCC(=O)NC(Cc1ccccc1)C(=O)O. The van der Waals surface area contributed by atoms with Crippen LogP contribution in [0.1, 0.15) is 31.2 Å². The van der Waals surface area contributed by atoms with Crippen molar-refractivity contribution >= 4 is 35.5 Å². The van der Waals surface area contributed by atoms with Crippen LogP contribution in [-0.2, 0) is 35.2 Å². The number of carbonyl (C=O) groups is 6. The van der Waals surface area contributed by atoms with E-state index in [1.807, 2.05) is 0 Å². The first kappa shape index (κ1) is 28.0. The van der Waals surface area contributed by atoms with Crippen LogP contribution >= 0.6 is 0 Å². The summed E-state index contributed by atoms with van der Waals surface area (Å²) >= 11 is 0. The number of carboxylic acid groups (broad SMARTS) is 1. The lowest BCUT2D eigenvalue weighted by molar-refractivity contribution is -0.141. The van der Waals surface area contributed by atoms with E-state index in [0.29, 0.717) is 5.56 Å². The first-order valence-electron chi connectivity index (χ1n) is 10.5. The van der Waals surface area contributed by atoms with Gasteiger partial charge in [0, 0.05) is 19.3 Å². The maximum atomic E-state index is 12.5. The molecule has 3 unspecified atom stereocenters. The Balaban J connectivity index is 2.68. The number of carbonyl (C=O) groups excluding carboxylic acids is 5. The fraction of sp³-hybridized carbons (Fsp3) is 0.429. The Labute approximate surface area is 195 Å². The van der Waals surface area contributed by atoms with Crippen molar-refractivity contribution in [3.05, 3.63) is 35.9 Å². The zero-order valence-corrected chi connectivity index (χ0v) is 18.5. The molecule has 10 N–H and O–H groups in total. The predicted octanol–water partition coefficient (Wildman–Crippen LogP) is -2.74. The number of rotatable bonds is 15. The smallest absolute Gasteiger partial charge is 0.326 e. The first-order valence-corrected chi connectivity index (χ1v) is 10.5. The highest BCUT2D eigenvalue weighted by Gasteiger charge is 2.26. The summed E-state index contributed by atoms with van der Waals surface area (Å²) < 4.78 is 0. The molecular formula is C21H30N6O7. The van der Waals surface area contributed by atoms with Crippen LogP contribution < -0.4 is 33.2 Å². The van der Waals surface area contributed by atoms with Crippen LogP contribution in [0, 0.1) is 0 Å². The zero-order chi connectivity index (χ0) is 25.7. The van der Waals surface area contributed by atoms with E-state index >= 15 is 0 Å². The lowest BCUT2D eigenvalue weighted by Gasteiger charge is -2.20. The van der Waals surface area contributed by atoms with Crippen molar-refractivity contribution in [3.63, 3.8) is 0 Å². The number of benzene rings is 1. The second kappa shape index (κ2) is 14.2. The van der Waals surface area contributed by atoms with E-state index in [-0.39, 0.29) is 32.1 Å². The molecule has 1 aromatic rings. The molecule has 0 saturated carbocycles. The number of nitrogens with one attached hydrogen (secondary N) is 3. The van der Waals surface area contributed by atoms with Crippen LogP contribution in [0.3, 0.4) is 0 Å². The molecule has 0 radical (unpaired) electrons. The van der Waals surface area contributed by atoms with Gasteiger partial charge in [0.2, 0.25) is 29.5 Å². The Bertz CT molecular complexity index is 893. The summed E-state index contributed by atoms with van der Waals surface area (Å²) in [7, 11) is 0. The maximum Gasteiger partial charge on any atom is 0.326 e. The Morgan fingerprint density at radius 1 is 0.824 bits per heavy atom. The lowest BCUT2D eigenvalue weighted by atomic mass is 10.1. The number of primary amides is 2. The van der Waals surface area contributed by atoms with Crippen LogP contribution in [0.15, 0.2) is 30.3 Å². The van der Waals surface area contributed by atoms with E-state index in [0.717, 1.165) is 0 Å². The van der Waals surface area contributed by atoms with Gasteiger partial charge in [-0.25, -0.2) is 4.79 Å². The molecule has 1 aromatic carbocycles. The third kappa shape index (κ3) is 11.0. The number of nitrogens with two attached hydrogens (primary N) is 3. The van der Waals surface area contributed by atoms with Crippen LogP contribution in [-0.4, -0.2) is 65.3 Å². The van der Waals surface area contributed by atoms with Gasteiger partial charge in [-0.2, -0.15) is 0 Å². The molecule has 34 heavy (non-hydrogen) atoms. The number of hydrogen-bond acceptors (Lipinski definition) is 7. The molecule has 0 aromatic heterocycles. The van der Waals surface area contributed by atoms with E-state index in [4.69, 9.17) is 17.2 Å². The fourth-order valence-electron chi connectivity index (χ4n) is 2.85. The fourth-order valence-corrected chi connectivity index (χ4v) is 2.85. The molecule has 0 bridgehead atoms. The van der Waals surface area contributed by atoms with Crippen molar-refractivity contribution < 1.29 is 33.9 Å². The summed E-state index contributed by atoms with van der Waals surface area (Å²) in [6, 6.07) is 5.06. The highest BCUT2D eigenvalue weighted by Crippen LogP contribution is 2.04. The molecule has 3 atom stereocenters. The highest BCUT2D eigenvalue weighted by atomic mass is 16.4. The van der Waals surface area contributed by atoms with Gasteiger partial charge in [0.1, 0.15) is 12.1 Å². The van der Waals surface area contributed by atoms with Gasteiger partial charge in [0.25, 0.3) is 0 Å². The number of hydrogen-bond donors (Lipinski definition) is 7. The number of amides is 5. The van der Waals surface area contributed by atoms with Crippen molar-refractivity contribution in [1.29, 1.82) is 0 Å². The van der Waals surface area contributed by atoms with Crippen molar-refractivity contribution in [3.8, 4) is 0 Å². The lowest BCUT2D eigenvalue weighted by Crippen LogP contribution is -2.53. The van der Waals surface area contributed by atoms with Crippen LogP contribution in [0.5, 0.6) is 0 Å². The standard InChI is InChI=1S/C21H30N6O7/c22-13(6-8-16(23)28)19(31)27-14(7-9-17(24)29)20(32)25-11-18(30)26-15(21(33)34)10-12-4-2-1-3-5-12/h1-5,13-15H,6-11,22H2,(H2,23,28)(H2,24,29)(H,25,32)(H,26,30)(H,27,31)(H,33,34). The summed E-state index contributed by atoms with van der Waals surface area (Å²) in [5, 5.41) is 16.3. The van der Waals surface area contributed by atoms with E-state index < -0.39 is 60.2 Å². The summed E-state index contributed by atoms with van der Waals surface area (Å²) in [5.41, 5.74) is 16.5. The van der Waals surface area contributed by atoms with Crippen LogP contribution in [0.4, 0.5) is 0 Å². The topological polar surface area (TPSA) is 237 Å². The minimum atomic E-state index is -1.25. The molecule has 0 spiro atoms. The van der Waals surface area contributed by atoms with Crippen molar-refractivity contribution in [2.75, 3.05) is 6.54 Å². The molecule has 5 amide bonds. The predicted molar refractivity (Wildman–Crippen MR) is 119 cm³/mol. The Hall–Kier alpha value is -4.00. The highest BCUT2D eigenvalue weighted by molar-refractivity contribution is 5.93. The van der Waals surface area contributed by atoms with Gasteiger partial charge in [0.15, 0.2) is 0 Å². The van der Waals surface area contributed by atoms with Crippen molar-refractivity contribution in [1.82, 2.24) is 16.0 Å². The number of carboxylic acids is 1. The van der Waals surface area contributed by atoms with E-state index in [1.165, 1.54) is 0 Å². The van der Waals surface area contributed by atoms with Gasteiger partial charge in [-0.1, -0.05) is 30.3 Å². The van der Waals surface area contributed by atoms with Gasteiger partial charge in [-0.05, 0) is 18.4 Å². The minimum absolute atomic E-state index is 0.0380. The van der Waals surface area contributed by atoms with Crippen molar-refractivity contribution in [2.24, 2.45) is 17.2 Å². The number of aliphatic carboxylic acids is 1. The second-order valence-electron chi connectivity index (χ2n) is 7.54. The maximum absolute atomic E-state index is 12.5. The zero-order valence-electron chi connectivity index (χ0n) is 18.5. The average Bonchev–Trinajstić information content (AvgIpc) is 2.78. The molecule has 0 aliphatic carbocycles. The van der Waals surface area contributed by atoms with E-state index in [2.05, 4.69) is 16.0 Å². The minimum Gasteiger partial charge on any atom is -0.480 e. The first-order chi connectivity index (χ1) is 16.0. The van der Waals surface area contributed by atoms with Crippen molar-refractivity contribution in [2.45, 2.75) is 50.2 Å². The van der Waals surface area contributed by atoms with E-state index in [1.54, 1.807) is 30.3 Å².